The standard InChI is InChI=1S/C24H19ClN2O/c25-21-13-5-4-11-20(21)22-14-7-15-27(22)24(28)23-18(16-26)10-6-12-19(23)17-8-2-1-3-9-17/h1-6,8-13,22H,7,14-15H2. The van der Waals surface area contributed by atoms with E-state index in [1.54, 1.807) is 6.07 Å². The topological polar surface area (TPSA) is 44.1 Å². The van der Waals surface area contributed by atoms with Crippen LogP contribution in [0, 0.1) is 11.3 Å². The molecule has 1 unspecified atom stereocenters. The Balaban J connectivity index is 1.80. The maximum absolute atomic E-state index is 13.6. The first-order valence-electron chi connectivity index (χ1n) is 9.34. The highest BCUT2D eigenvalue weighted by Gasteiger charge is 2.33. The van der Waals surface area contributed by atoms with Crippen molar-refractivity contribution in [3.63, 3.8) is 0 Å². The van der Waals surface area contributed by atoms with Crippen LogP contribution in [0.15, 0.2) is 72.8 Å². The van der Waals surface area contributed by atoms with Gasteiger partial charge in [-0.2, -0.15) is 5.26 Å². The number of benzene rings is 3. The Morgan fingerprint density at radius 2 is 1.75 bits per heavy atom. The van der Waals surface area contributed by atoms with Crippen LogP contribution in [-0.2, 0) is 0 Å². The summed E-state index contributed by atoms with van der Waals surface area (Å²) in [7, 11) is 0. The van der Waals surface area contributed by atoms with Crippen LogP contribution < -0.4 is 0 Å². The van der Waals surface area contributed by atoms with Crippen molar-refractivity contribution in [2.75, 3.05) is 6.54 Å². The van der Waals surface area contributed by atoms with E-state index in [1.807, 2.05) is 71.6 Å². The third-order valence-corrected chi connectivity index (χ3v) is 5.61. The fourth-order valence-corrected chi connectivity index (χ4v) is 4.22. The highest BCUT2D eigenvalue weighted by atomic mass is 35.5. The molecule has 1 fully saturated rings. The number of hydrogen-bond acceptors (Lipinski definition) is 2. The molecule has 3 aromatic carbocycles. The number of carbonyl (C=O) groups excluding carboxylic acids is 1. The number of nitriles is 1. The molecule has 1 aliphatic heterocycles. The summed E-state index contributed by atoms with van der Waals surface area (Å²) in [6.07, 6.45) is 1.78. The first-order chi connectivity index (χ1) is 13.7. The monoisotopic (exact) mass is 386 g/mol. The van der Waals surface area contributed by atoms with Crippen LogP contribution in [0.3, 0.4) is 0 Å². The molecule has 1 saturated heterocycles. The number of carbonyl (C=O) groups is 1. The van der Waals surface area contributed by atoms with Crippen molar-refractivity contribution in [2.24, 2.45) is 0 Å². The van der Waals surface area contributed by atoms with Crippen molar-refractivity contribution < 1.29 is 4.79 Å². The zero-order chi connectivity index (χ0) is 19.5. The summed E-state index contributed by atoms with van der Waals surface area (Å²) in [5.74, 6) is -0.113. The number of hydrogen-bond donors (Lipinski definition) is 0. The average molecular weight is 387 g/mol. The molecule has 4 rings (SSSR count). The van der Waals surface area contributed by atoms with Crippen molar-refractivity contribution in [1.29, 1.82) is 5.26 Å². The second-order valence-corrected chi connectivity index (χ2v) is 7.29. The number of halogens is 1. The molecule has 1 atom stereocenters. The fourth-order valence-electron chi connectivity index (χ4n) is 3.96. The molecule has 0 spiro atoms. The Morgan fingerprint density at radius 1 is 1.00 bits per heavy atom. The van der Waals surface area contributed by atoms with Gasteiger partial charge in [0, 0.05) is 11.6 Å². The van der Waals surface area contributed by atoms with Crippen molar-refractivity contribution >= 4 is 17.5 Å². The third-order valence-electron chi connectivity index (χ3n) is 5.26. The van der Waals surface area contributed by atoms with E-state index in [9.17, 15) is 10.1 Å². The molecular formula is C24H19ClN2O. The summed E-state index contributed by atoms with van der Waals surface area (Å²) < 4.78 is 0. The number of amides is 1. The van der Waals surface area contributed by atoms with Gasteiger partial charge in [-0.15, -0.1) is 0 Å². The highest BCUT2D eigenvalue weighted by molar-refractivity contribution is 6.31. The zero-order valence-corrected chi connectivity index (χ0v) is 16.1. The summed E-state index contributed by atoms with van der Waals surface area (Å²) in [6, 6.07) is 25.0. The lowest BCUT2D eigenvalue weighted by molar-refractivity contribution is 0.0736. The fraction of sp³-hybridized carbons (Fsp3) is 0.167. The first-order valence-corrected chi connectivity index (χ1v) is 9.72. The van der Waals surface area contributed by atoms with E-state index >= 15 is 0 Å². The van der Waals surface area contributed by atoms with Crippen LogP contribution in [0.1, 0.15) is 40.4 Å². The molecule has 0 N–H and O–H groups in total. The van der Waals surface area contributed by atoms with Gasteiger partial charge in [0.25, 0.3) is 5.91 Å². The average Bonchev–Trinajstić information content (AvgIpc) is 3.23. The molecule has 3 nitrogen and oxygen atoms in total. The second kappa shape index (κ2) is 7.88. The SMILES string of the molecule is N#Cc1cccc(-c2ccccc2)c1C(=O)N1CCCC1c1ccccc1Cl. The third kappa shape index (κ3) is 3.28. The van der Waals surface area contributed by atoms with Gasteiger partial charge < -0.3 is 4.90 Å². The van der Waals surface area contributed by atoms with Crippen LogP contribution in [-0.4, -0.2) is 17.4 Å². The summed E-state index contributed by atoms with van der Waals surface area (Å²) in [5.41, 5.74) is 3.54. The van der Waals surface area contributed by atoms with Gasteiger partial charge in [-0.05, 0) is 41.7 Å². The van der Waals surface area contributed by atoms with Crippen molar-refractivity contribution in [1.82, 2.24) is 4.90 Å². The van der Waals surface area contributed by atoms with Gasteiger partial charge in [0.05, 0.1) is 23.2 Å². The Labute approximate surface area is 169 Å². The summed E-state index contributed by atoms with van der Waals surface area (Å²) in [4.78, 5) is 15.5. The van der Waals surface area contributed by atoms with Crippen molar-refractivity contribution in [3.8, 4) is 17.2 Å². The molecule has 0 radical (unpaired) electrons. The Morgan fingerprint density at radius 3 is 2.50 bits per heavy atom. The van der Waals surface area contributed by atoms with Crippen LogP contribution in [0.2, 0.25) is 5.02 Å². The Bertz CT molecular complexity index is 1060. The van der Waals surface area contributed by atoms with E-state index in [-0.39, 0.29) is 11.9 Å². The van der Waals surface area contributed by atoms with E-state index < -0.39 is 0 Å². The van der Waals surface area contributed by atoms with Crippen LogP contribution in [0.5, 0.6) is 0 Å². The van der Waals surface area contributed by atoms with E-state index in [0.29, 0.717) is 22.7 Å². The molecule has 1 amide bonds. The first kappa shape index (κ1) is 18.3. The summed E-state index contributed by atoms with van der Waals surface area (Å²) in [5, 5.41) is 10.3. The Hall–Kier alpha value is -3.09. The number of nitrogens with zero attached hydrogens (tertiary/aromatic N) is 2. The van der Waals surface area contributed by atoms with Gasteiger partial charge in [-0.1, -0.05) is 72.3 Å². The van der Waals surface area contributed by atoms with Crippen LogP contribution >= 0.6 is 11.6 Å². The number of likely N-dealkylation sites (tertiary alicyclic amines) is 1. The molecule has 3 aromatic rings. The van der Waals surface area contributed by atoms with E-state index in [4.69, 9.17) is 11.6 Å². The predicted octanol–water partition coefficient (Wildman–Crippen LogP) is 5.86. The van der Waals surface area contributed by atoms with Gasteiger partial charge in [-0.3, -0.25) is 4.79 Å². The van der Waals surface area contributed by atoms with Crippen molar-refractivity contribution in [2.45, 2.75) is 18.9 Å². The van der Waals surface area contributed by atoms with Gasteiger partial charge in [-0.25, -0.2) is 0 Å². The molecule has 0 aliphatic carbocycles. The summed E-state index contributed by atoms with van der Waals surface area (Å²) in [6.45, 7) is 0.655. The maximum atomic E-state index is 13.6. The molecule has 28 heavy (non-hydrogen) atoms. The molecule has 1 heterocycles. The highest BCUT2D eigenvalue weighted by Crippen LogP contribution is 2.38. The molecule has 4 heteroatoms. The van der Waals surface area contributed by atoms with E-state index in [1.165, 1.54) is 0 Å². The summed E-state index contributed by atoms with van der Waals surface area (Å²) >= 11 is 6.42. The zero-order valence-electron chi connectivity index (χ0n) is 15.3. The van der Waals surface area contributed by atoms with Crippen molar-refractivity contribution in [3.05, 3.63) is 94.5 Å². The lowest BCUT2D eigenvalue weighted by atomic mass is 9.94. The predicted molar refractivity (Wildman–Crippen MR) is 111 cm³/mol. The largest absolute Gasteiger partial charge is 0.331 e. The second-order valence-electron chi connectivity index (χ2n) is 6.88. The molecule has 138 valence electrons. The molecule has 0 bridgehead atoms. The smallest absolute Gasteiger partial charge is 0.256 e. The molecule has 1 aliphatic rings. The minimum Gasteiger partial charge on any atom is -0.331 e. The Kier molecular flexibility index (Phi) is 5.14. The molecule has 0 saturated carbocycles. The van der Waals surface area contributed by atoms with Crippen LogP contribution in [0.25, 0.3) is 11.1 Å². The van der Waals surface area contributed by atoms with Crippen LogP contribution in [0.4, 0.5) is 0 Å². The van der Waals surface area contributed by atoms with E-state index in [0.717, 1.165) is 29.5 Å². The minimum atomic E-state index is -0.113. The number of rotatable bonds is 3. The van der Waals surface area contributed by atoms with Gasteiger partial charge in [0.2, 0.25) is 0 Å². The van der Waals surface area contributed by atoms with Gasteiger partial charge >= 0.3 is 0 Å². The minimum absolute atomic E-state index is 0.0726. The normalized spacial score (nSPS) is 16.0. The lowest BCUT2D eigenvalue weighted by Gasteiger charge is -2.27. The lowest BCUT2D eigenvalue weighted by Crippen LogP contribution is -2.31. The van der Waals surface area contributed by atoms with E-state index in [2.05, 4.69) is 6.07 Å². The van der Waals surface area contributed by atoms with Gasteiger partial charge in [0.1, 0.15) is 0 Å². The maximum Gasteiger partial charge on any atom is 0.256 e. The van der Waals surface area contributed by atoms with Gasteiger partial charge in [0.15, 0.2) is 0 Å². The molecule has 0 aromatic heterocycles. The quantitative estimate of drug-likeness (QED) is 0.566. The molecular weight excluding hydrogens is 368 g/mol.